The van der Waals surface area contributed by atoms with Gasteiger partial charge in [-0.1, -0.05) is 43.9 Å². The summed E-state index contributed by atoms with van der Waals surface area (Å²) in [4.78, 5) is 8.50. The van der Waals surface area contributed by atoms with Crippen molar-refractivity contribution < 1.29 is 30.3 Å². The highest BCUT2D eigenvalue weighted by atomic mass is 16.5. The Bertz CT molecular complexity index is 1370. The number of ether oxygens (including phenoxy) is 1. The lowest BCUT2D eigenvalue weighted by molar-refractivity contribution is -0.00843. The molecule has 0 amide bonds. The summed E-state index contributed by atoms with van der Waals surface area (Å²) >= 11 is 0. The predicted octanol–water partition coefficient (Wildman–Crippen LogP) is 4.11. The number of aromatic hydroxyl groups is 1. The first-order chi connectivity index (χ1) is 21.8. The van der Waals surface area contributed by atoms with E-state index in [1.165, 1.54) is 6.07 Å². The first-order valence-corrected chi connectivity index (χ1v) is 16.2. The van der Waals surface area contributed by atoms with Crippen molar-refractivity contribution in [3.05, 3.63) is 71.7 Å². The van der Waals surface area contributed by atoms with Gasteiger partial charge >= 0.3 is 0 Å². The summed E-state index contributed by atoms with van der Waals surface area (Å²) in [5.41, 5.74) is 8.56. The van der Waals surface area contributed by atoms with E-state index in [4.69, 9.17) is 10.5 Å². The summed E-state index contributed by atoms with van der Waals surface area (Å²) in [6, 6.07) is 12.4. The molecule has 0 spiro atoms. The van der Waals surface area contributed by atoms with Crippen LogP contribution in [0.5, 0.6) is 11.5 Å². The van der Waals surface area contributed by atoms with Gasteiger partial charge in [0.1, 0.15) is 18.0 Å². The summed E-state index contributed by atoms with van der Waals surface area (Å²) in [6.45, 7) is 1.62. The van der Waals surface area contributed by atoms with Crippen LogP contribution in [0.4, 0.5) is 5.82 Å². The number of rotatable bonds is 14. The maximum atomic E-state index is 11.1. The van der Waals surface area contributed by atoms with E-state index >= 15 is 0 Å². The van der Waals surface area contributed by atoms with Gasteiger partial charge in [0.2, 0.25) is 0 Å². The quantitative estimate of drug-likeness (QED) is 0.146. The number of nitrogens with two attached hydrogens (primary N) is 1. The van der Waals surface area contributed by atoms with Crippen LogP contribution in [-0.4, -0.2) is 61.5 Å². The summed E-state index contributed by atoms with van der Waals surface area (Å²) in [6.07, 6.45) is 6.78. The summed E-state index contributed by atoms with van der Waals surface area (Å²) in [7, 11) is 0. The number of phenolic OH excluding ortho intramolecular Hbond substituents is 1. The number of benzene rings is 1. The lowest BCUT2D eigenvalue weighted by Gasteiger charge is -2.29. The molecule has 9 nitrogen and oxygen atoms in total. The molecule has 7 N–H and O–H groups in total. The van der Waals surface area contributed by atoms with Crippen LogP contribution in [0.2, 0.25) is 0 Å². The molecule has 0 saturated carbocycles. The second-order valence-corrected chi connectivity index (χ2v) is 12.2. The Hall–Kier alpha value is -3.55. The molecule has 0 aliphatic heterocycles. The SMILES string of the molecule is CCC1C#CCC(C(O)CCc2ccc(O)c(OC(CC(Cc3ccc[n-]3)c3ccnc(N)c3)C(O)CO)c2)C(O)CCCC1. The molecule has 45 heavy (non-hydrogen) atoms. The van der Waals surface area contributed by atoms with Crippen molar-refractivity contribution in [2.45, 2.75) is 101 Å². The Morgan fingerprint density at radius 1 is 1.13 bits per heavy atom. The maximum Gasteiger partial charge on any atom is 0.161 e. The van der Waals surface area contributed by atoms with Crippen LogP contribution in [-0.2, 0) is 12.8 Å². The third-order valence-electron chi connectivity index (χ3n) is 8.94. The van der Waals surface area contributed by atoms with E-state index in [1.807, 2.05) is 18.2 Å². The van der Waals surface area contributed by atoms with Crippen LogP contribution in [0.25, 0.3) is 0 Å². The Balaban J connectivity index is 1.47. The Kier molecular flexibility index (Phi) is 13.1. The van der Waals surface area contributed by atoms with Crippen LogP contribution >= 0.6 is 0 Å². The fraction of sp³-hybridized carbons (Fsp3) is 0.528. The zero-order valence-corrected chi connectivity index (χ0v) is 26.1. The highest BCUT2D eigenvalue weighted by Crippen LogP contribution is 2.34. The molecule has 7 unspecified atom stereocenters. The van der Waals surface area contributed by atoms with Gasteiger partial charge in [0.05, 0.1) is 18.8 Å². The molecule has 2 heterocycles. The monoisotopic (exact) mass is 618 g/mol. The predicted molar refractivity (Wildman–Crippen MR) is 174 cm³/mol. The van der Waals surface area contributed by atoms with Gasteiger partial charge in [-0.3, -0.25) is 0 Å². The van der Waals surface area contributed by atoms with Gasteiger partial charge in [-0.05, 0) is 86.3 Å². The number of aryl methyl sites for hydroxylation is 1. The molecule has 0 bridgehead atoms. The molecule has 0 fully saturated rings. The molecule has 4 rings (SSSR count). The highest BCUT2D eigenvalue weighted by Gasteiger charge is 2.28. The summed E-state index contributed by atoms with van der Waals surface area (Å²) < 4.78 is 6.21. The topological polar surface area (TPSA) is 163 Å². The molecule has 1 aliphatic carbocycles. The third-order valence-corrected chi connectivity index (χ3v) is 8.94. The van der Waals surface area contributed by atoms with Gasteiger partial charge in [0.25, 0.3) is 0 Å². The van der Waals surface area contributed by atoms with Crippen LogP contribution in [0, 0.1) is 23.7 Å². The summed E-state index contributed by atoms with van der Waals surface area (Å²) in [5, 5.41) is 53.4. The number of hydrogen-bond acceptors (Lipinski definition) is 8. The Morgan fingerprint density at radius 2 is 1.96 bits per heavy atom. The first-order valence-electron chi connectivity index (χ1n) is 16.2. The number of phenols is 1. The molecule has 1 aliphatic rings. The lowest BCUT2D eigenvalue weighted by atomic mass is 9.85. The zero-order valence-electron chi connectivity index (χ0n) is 26.1. The van der Waals surface area contributed by atoms with Crippen molar-refractivity contribution in [3.8, 4) is 23.3 Å². The van der Waals surface area contributed by atoms with Gasteiger partial charge in [0, 0.05) is 24.5 Å². The molecular formula is C36H48N3O6-. The third kappa shape index (κ3) is 10.2. The van der Waals surface area contributed by atoms with Crippen molar-refractivity contribution in [2.75, 3.05) is 12.3 Å². The molecule has 2 aromatic heterocycles. The average molecular weight is 619 g/mol. The minimum Gasteiger partial charge on any atom is -0.668 e. The Morgan fingerprint density at radius 3 is 2.69 bits per heavy atom. The van der Waals surface area contributed by atoms with Gasteiger partial charge in [-0.15, -0.1) is 5.92 Å². The standard InChI is InChI=1S/C36H48N3O6/c1-2-24-7-3-4-11-30(41)29(10-5-8-24)31(42)14-12-25-13-15-32(43)34(19-25)45-35(33(44)23-40)21-27(20-28-9-6-17-38-28)26-16-18-39-36(37)22-26/h6,9,13,15-19,22,24,27,29-31,33,35,40-44H,2-4,7,10-12,14,20-21,23H2,1H3,(H2,37,39)/q-1. The highest BCUT2D eigenvalue weighted by molar-refractivity contribution is 5.42. The number of nitrogen functional groups attached to an aromatic ring is 1. The average Bonchev–Trinajstić information content (AvgIpc) is 3.56. The van der Waals surface area contributed by atoms with E-state index in [-0.39, 0.29) is 23.3 Å². The normalized spacial score (nSPS) is 21.6. The van der Waals surface area contributed by atoms with E-state index in [1.54, 1.807) is 30.6 Å². The van der Waals surface area contributed by atoms with Gasteiger partial charge in [0.15, 0.2) is 11.5 Å². The minimum absolute atomic E-state index is 0.0969. The van der Waals surface area contributed by atoms with Gasteiger partial charge in [-0.2, -0.15) is 11.9 Å². The number of anilines is 1. The van der Waals surface area contributed by atoms with Crippen molar-refractivity contribution in [1.82, 2.24) is 9.97 Å². The lowest BCUT2D eigenvalue weighted by Crippen LogP contribution is -2.36. The number of aliphatic hydroxyl groups excluding tert-OH is 4. The number of pyridine rings is 1. The van der Waals surface area contributed by atoms with Crippen molar-refractivity contribution >= 4 is 5.82 Å². The van der Waals surface area contributed by atoms with Crippen molar-refractivity contribution in [2.24, 2.45) is 11.8 Å². The second kappa shape index (κ2) is 17.2. The molecule has 7 atom stereocenters. The molecule has 0 radical (unpaired) electrons. The molecule has 244 valence electrons. The van der Waals surface area contributed by atoms with Gasteiger partial charge < -0.3 is 41.0 Å². The van der Waals surface area contributed by atoms with Crippen molar-refractivity contribution in [3.63, 3.8) is 0 Å². The largest absolute Gasteiger partial charge is 0.668 e. The molecular weight excluding hydrogens is 570 g/mol. The Labute approximate surface area is 266 Å². The van der Waals surface area contributed by atoms with Crippen molar-refractivity contribution in [1.29, 1.82) is 0 Å². The van der Waals surface area contributed by atoms with Gasteiger partial charge in [-0.25, -0.2) is 4.98 Å². The number of hydrogen-bond donors (Lipinski definition) is 6. The molecule has 1 aromatic carbocycles. The summed E-state index contributed by atoms with van der Waals surface area (Å²) in [5.74, 6) is 6.88. The van der Waals surface area contributed by atoms with E-state index < -0.39 is 31.0 Å². The minimum atomic E-state index is -1.22. The van der Waals surface area contributed by atoms with Crippen LogP contribution in [0.15, 0.2) is 54.9 Å². The second-order valence-electron chi connectivity index (χ2n) is 12.2. The fourth-order valence-corrected chi connectivity index (χ4v) is 6.13. The zero-order chi connectivity index (χ0) is 32.2. The number of aromatic nitrogens is 2. The van der Waals surface area contributed by atoms with E-state index in [2.05, 4.69) is 28.7 Å². The molecule has 3 aromatic rings. The van der Waals surface area contributed by atoms with E-state index in [0.717, 1.165) is 42.5 Å². The number of nitrogens with zero attached hydrogens (tertiary/aromatic N) is 2. The fourth-order valence-electron chi connectivity index (χ4n) is 6.13. The maximum absolute atomic E-state index is 11.1. The van der Waals surface area contributed by atoms with E-state index in [0.29, 0.717) is 50.3 Å². The van der Waals surface area contributed by atoms with E-state index in [9.17, 15) is 25.5 Å². The van der Waals surface area contributed by atoms with Crippen LogP contribution < -0.4 is 15.5 Å². The molecule has 0 saturated heterocycles. The number of aliphatic hydroxyl groups is 4. The van der Waals surface area contributed by atoms with Crippen LogP contribution in [0.3, 0.4) is 0 Å². The van der Waals surface area contributed by atoms with Crippen LogP contribution in [0.1, 0.15) is 81.0 Å². The smallest absolute Gasteiger partial charge is 0.161 e. The molecule has 9 heteroatoms. The first kappa shape index (κ1) is 34.3.